The summed E-state index contributed by atoms with van der Waals surface area (Å²) in [5.41, 5.74) is 8.80. The fourth-order valence-electron chi connectivity index (χ4n) is 2.61. The third-order valence-electron chi connectivity index (χ3n) is 4.18. The first-order valence-electron chi connectivity index (χ1n) is 7.10. The zero-order chi connectivity index (χ0) is 14.7. The Bertz CT molecular complexity index is 517. The molecule has 0 bridgehead atoms. The van der Waals surface area contributed by atoms with E-state index in [-0.39, 0.29) is 17.7 Å². The molecule has 4 heteroatoms. The second-order valence-electron chi connectivity index (χ2n) is 5.65. The van der Waals surface area contributed by atoms with E-state index in [0.717, 1.165) is 5.56 Å². The third-order valence-corrected chi connectivity index (χ3v) is 4.18. The predicted octanol–water partition coefficient (Wildman–Crippen LogP) is 1.57. The zero-order valence-corrected chi connectivity index (χ0v) is 12.2. The molecular formula is C16H22N2O2. The minimum absolute atomic E-state index is 0.0688. The Kier molecular flexibility index (Phi) is 4.42. The summed E-state index contributed by atoms with van der Waals surface area (Å²) in [5, 5.41) is 0. The van der Waals surface area contributed by atoms with E-state index < -0.39 is 0 Å². The van der Waals surface area contributed by atoms with Crippen molar-refractivity contribution in [3.8, 4) is 0 Å². The van der Waals surface area contributed by atoms with Gasteiger partial charge in [0.25, 0.3) is 0 Å². The van der Waals surface area contributed by atoms with Crippen LogP contribution in [-0.4, -0.2) is 29.8 Å². The van der Waals surface area contributed by atoms with Crippen molar-refractivity contribution in [1.29, 1.82) is 0 Å². The minimum Gasteiger partial charge on any atom is -0.369 e. The number of carbonyl (C=O) groups excluding carboxylic acids is 2. The lowest BCUT2D eigenvalue weighted by Crippen LogP contribution is -2.42. The van der Waals surface area contributed by atoms with Crippen LogP contribution in [0.15, 0.2) is 18.2 Å². The summed E-state index contributed by atoms with van der Waals surface area (Å²) >= 11 is 0. The van der Waals surface area contributed by atoms with Crippen LogP contribution in [-0.2, 0) is 16.0 Å². The normalized spacial score (nSPS) is 16.2. The van der Waals surface area contributed by atoms with Gasteiger partial charge >= 0.3 is 0 Å². The molecule has 1 aliphatic heterocycles. The standard InChI is InChI=1S/C16H22N2O2/c1-11-3-4-13(9-12(11)2)10-15(19)18-7-5-14(6-8-18)16(17)20/h3-4,9,14H,5-8,10H2,1-2H3,(H2,17,20). The average molecular weight is 274 g/mol. The summed E-state index contributed by atoms with van der Waals surface area (Å²) in [6.45, 7) is 5.39. The fraction of sp³-hybridized carbons (Fsp3) is 0.500. The van der Waals surface area contributed by atoms with Crippen molar-refractivity contribution >= 4 is 11.8 Å². The van der Waals surface area contributed by atoms with Crippen LogP contribution in [0.1, 0.15) is 29.5 Å². The van der Waals surface area contributed by atoms with Crippen LogP contribution in [0.5, 0.6) is 0 Å². The molecule has 0 saturated carbocycles. The van der Waals surface area contributed by atoms with Crippen LogP contribution >= 0.6 is 0 Å². The number of nitrogens with zero attached hydrogens (tertiary/aromatic N) is 1. The van der Waals surface area contributed by atoms with Crippen LogP contribution < -0.4 is 5.73 Å². The van der Waals surface area contributed by atoms with Crippen LogP contribution in [0.2, 0.25) is 0 Å². The minimum atomic E-state index is -0.244. The summed E-state index contributed by atoms with van der Waals surface area (Å²) < 4.78 is 0. The molecule has 0 aliphatic carbocycles. The lowest BCUT2D eigenvalue weighted by molar-refractivity contribution is -0.134. The van der Waals surface area contributed by atoms with Gasteiger partial charge in [-0.1, -0.05) is 18.2 Å². The molecule has 0 aromatic heterocycles. The zero-order valence-electron chi connectivity index (χ0n) is 12.2. The largest absolute Gasteiger partial charge is 0.369 e. The van der Waals surface area contributed by atoms with E-state index in [1.54, 1.807) is 0 Å². The molecule has 1 aromatic carbocycles. The highest BCUT2D eigenvalue weighted by Crippen LogP contribution is 2.18. The molecule has 1 aromatic rings. The van der Waals surface area contributed by atoms with Crippen LogP contribution in [0.3, 0.4) is 0 Å². The van der Waals surface area contributed by atoms with Gasteiger partial charge in [0.2, 0.25) is 11.8 Å². The van der Waals surface area contributed by atoms with E-state index in [0.29, 0.717) is 32.4 Å². The Balaban J connectivity index is 1.92. The highest BCUT2D eigenvalue weighted by Gasteiger charge is 2.25. The Morgan fingerprint density at radius 2 is 1.85 bits per heavy atom. The Morgan fingerprint density at radius 3 is 2.40 bits per heavy atom. The third kappa shape index (κ3) is 3.38. The highest BCUT2D eigenvalue weighted by molar-refractivity contribution is 5.80. The van der Waals surface area contributed by atoms with E-state index in [9.17, 15) is 9.59 Å². The van der Waals surface area contributed by atoms with Crippen molar-refractivity contribution in [1.82, 2.24) is 4.90 Å². The van der Waals surface area contributed by atoms with Gasteiger partial charge in [0.1, 0.15) is 0 Å². The molecule has 1 aliphatic rings. The molecule has 0 radical (unpaired) electrons. The summed E-state index contributed by atoms with van der Waals surface area (Å²) in [5.74, 6) is -0.178. The molecule has 1 fully saturated rings. The number of piperidine rings is 1. The van der Waals surface area contributed by atoms with Crippen LogP contribution in [0.4, 0.5) is 0 Å². The van der Waals surface area contributed by atoms with Crippen molar-refractivity contribution in [3.63, 3.8) is 0 Å². The second kappa shape index (κ2) is 6.07. The fourth-order valence-corrected chi connectivity index (χ4v) is 2.61. The number of primary amides is 1. The smallest absolute Gasteiger partial charge is 0.226 e. The Hall–Kier alpha value is -1.84. The summed E-state index contributed by atoms with van der Waals surface area (Å²) in [6.07, 6.45) is 1.81. The second-order valence-corrected chi connectivity index (χ2v) is 5.65. The molecule has 1 heterocycles. The number of aryl methyl sites for hydroxylation is 2. The number of benzene rings is 1. The van der Waals surface area contributed by atoms with Gasteiger partial charge < -0.3 is 10.6 Å². The van der Waals surface area contributed by atoms with Gasteiger partial charge in [-0.25, -0.2) is 0 Å². The quantitative estimate of drug-likeness (QED) is 0.909. The van der Waals surface area contributed by atoms with Gasteiger partial charge in [0.15, 0.2) is 0 Å². The van der Waals surface area contributed by atoms with Crippen LogP contribution in [0, 0.1) is 19.8 Å². The van der Waals surface area contributed by atoms with Gasteiger partial charge in [0.05, 0.1) is 6.42 Å². The summed E-state index contributed by atoms with van der Waals surface area (Å²) in [4.78, 5) is 25.2. The first-order valence-corrected chi connectivity index (χ1v) is 7.10. The maximum absolute atomic E-state index is 12.3. The van der Waals surface area contributed by atoms with Gasteiger partial charge in [-0.2, -0.15) is 0 Å². The predicted molar refractivity (Wildman–Crippen MR) is 78.1 cm³/mol. The molecule has 108 valence electrons. The van der Waals surface area contributed by atoms with Gasteiger partial charge in [-0.3, -0.25) is 9.59 Å². The van der Waals surface area contributed by atoms with Gasteiger partial charge in [-0.15, -0.1) is 0 Å². The molecular weight excluding hydrogens is 252 g/mol. The van der Waals surface area contributed by atoms with E-state index >= 15 is 0 Å². The first-order chi connectivity index (χ1) is 9.47. The number of likely N-dealkylation sites (tertiary alicyclic amines) is 1. The molecule has 2 N–H and O–H groups in total. The molecule has 1 saturated heterocycles. The Morgan fingerprint density at radius 1 is 1.20 bits per heavy atom. The first kappa shape index (κ1) is 14.6. The molecule has 20 heavy (non-hydrogen) atoms. The molecule has 0 atom stereocenters. The SMILES string of the molecule is Cc1ccc(CC(=O)N2CCC(C(N)=O)CC2)cc1C. The lowest BCUT2D eigenvalue weighted by atomic mass is 9.95. The number of carbonyl (C=O) groups is 2. The van der Waals surface area contributed by atoms with Crippen LogP contribution in [0.25, 0.3) is 0 Å². The molecule has 0 spiro atoms. The number of rotatable bonds is 3. The van der Waals surface area contributed by atoms with E-state index in [4.69, 9.17) is 5.73 Å². The van der Waals surface area contributed by atoms with E-state index in [2.05, 4.69) is 26.0 Å². The highest BCUT2D eigenvalue weighted by atomic mass is 16.2. The van der Waals surface area contributed by atoms with Crippen molar-refractivity contribution in [2.24, 2.45) is 11.7 Å². The van der Waals surface area contributed by atoms with E-state index in [1.165, 1.54) is 11.1 Å². The molecule has 0 unspecified atom stereocenters. The Labute approximate surface area is 119 Å². The van der Waals surface area contributed by atoms with Crippen molar-refractivity contribution < 1.29 is 9.59 Å². The van der Waals surface area contributed by atoms with Crippen molar-refractivity contribution in [3.05, 3.63) is 34.9 Å². The topological polar surface area (TPSA) is 63.4 Å². The number of hydrogen-bond acceptors (Lipinski definition) is 2. The van der Waals surface area contributed by atoms with Crippen molar-refractivity contribution in [2.75, 3.05) is 13.1 Å². The number of amides is 2. The summed E-state index contributed by atoms with van der Waals surface area (Å²) in [7, 11) is 0. The number of hydrogen-bond donors (Lipinski definition) is 1. The lowest BCUT2D eigenvalue weighted by Gasteiger charge is -2.30. The molecule has 4 nitrogen and oxygen atoms in total. The van der Waals surface area contributed by atoms with E-state index in [1.807, 2.05) is 11.0 Å². The van der Waals surface area contributed by atoms with Gasteiger partial charge in [0, 0.05) is 19.0 Å². The summed E-state index contributed by atoms with van der Waals surface area (Å²) in [6, 6.07) is 6.14. The monoisotopic (exact) mass is 274 g/mol. The maximum Gasteiger partial charge on any atom is 0.226 e. The number of nitrogens with two attached hydrogens (primary N) is 1. The average Bonchev–Trinajstić information content (AvgIpc) is 2.43. The maximum atomic E-state index is 12.3. The molecule has 2 amide bonds. The van der Waals surface area contributed by atoms with Gasteiger partial charge in [-0.05, 0) is 43.4 Å². The van der Waals surface area contributed by atoms with Crippen molar-refractivity contribution in [2.45, 2.75) is 33.1 Å². The molecule has 2 rings (SSSR count).